The Balaban J connectivity index is 2.03. The van der Waals surface area contributed by atoms with E-state index in [9.17, 15) is 4.79 Å². The summed E-state index contributed by atoms with van der Waals surface area (Å²) in [5.41, 5.74) is 4.33. The number of amides is 1. The van der Waals surface area contributed by atoms with E-state index in [1.165, 1.54) is 10.9 Å². The van der Waals surface area contributed by atoms with Crippen molar-refractivity contribution >= 4 is 16.8 Å². The van der Waals surface area contributed by atoms with E-state index >= 15 is 0 Å². The van der Waals surface area contributed by atoms with Gasteiger partial charge in [0.05, 0.1) is 0 Å². The molecule has 0 radical (unpaired) electrons. The summed E-state index contributed by atoms with van der Waals surface area (Å²) in [5, 5.41) is 1.18. The van der Waals surface area contributed by atoms with Gasteiger partial charge in [0.15, 0.2) is 0 Å². The maximum atomic E-state index is 13.5. The molecule has 1 saturated heterocycles. The molecule has 1 aromatic carbocycles. The fraction of sp³-hybridized carbons (Fsp3) is 0.522. The molecule has 0 atom stereocenters. The second-order valence-electron chi connectivity index (χ2n) is 8.25. The van der Waals surface area contributed by atoms with Crippen LogP contribution in [-0.4, -0.2) is 53.5 Å². The number of piperidine rings is 1. The van der Waals surface area contributed by atoms with Crippen molar-refractivity contribution in [2.45, 2.75) is 52.1 Å². The molecule has 4 heteroatoms. The Hall–Kier alpha value is -2.07. The van der Waals surface area contributed by atoms with E-state index in [1.54, 1.807) is 0 Å². The maximum absolute atomic E-state index is 13.5. The highest BCUT2D eigenvalue weighted by molar-refractivity contribution is 6.02. The van der Waals surface area contributed by atoms with Crippen LogP contribution in [0.25, 0.3) is 10.9 Å². The van der Waals surface area contributed by atoms with Crippen LogP contribution in [0, 0.1) is 6.92 Å². The molecule has 3 rings (SSSR count). The average molecular weight is 368 g/mol. The number of hydrogen-bond acceptors (Lipinski definition) is 2. The molecule has 0 bridgehead atoms. The minimum Gasteiger partial charge on any atom is -0.337 e. The van der Waals surface area contributed by atoms with Crippen LogP contribution < -0.4 is 0 Å². The first-order valence-electron chi connectivity index (χ1n) is 10.0. The minimum atomic E-state index is 0.131. The van der Waals surface area contributed by atoms with Crippen molar-refractivity contribution in [1.29, 1.82) is 0 Å². The molecule has 1 aromatic heterocycles. The van der Waals surface area contributed by atoms with Crippen molar-refractivity contribution in [3.63, 3.8) is 0 Å². The number of carbonyl (C=O) groups excluding carboxylic acids is 1. The van der Waals surface area contributed by atoms with Crippen molar-refractivity contribution in [2.24, 2.45) is 0 Å². The monoisotopic (exact) mass is 367 g/mol. The lowest BCUT2D eigenvalue weighted by molar-refractivity contribution is 0.0649. The van der Waals surface area contributed by atoms with Gasteiger partial charge in [-0.25, -0.2) is 0 Å². The third kappa shape index (κ3) is 3.68. The number of nitrogens with zero attached hydrogens (tertiary/aromatic N) is 3. The van der Waals surface area contributed by atoms with Crippen LogP contribution in [0.3, 0.4) is 0 Å². The van der Waals surface area contributed by atoms with Crippen LogP contribution in [-0.2, 0) is 6.54 Å². The third-order valence-corrected chi connectivity index (χ3v) is 6.08. The van der Waals surface area contributed by atoms with Gasteiger partial charge in [-0.05, 0) is 69.1 Å². The smallest absolute Gasteiger partial charge is 0.270 e. The lowest BCUT2D eigenvalue weighted by Crippen LogP contribution is -2.45. The van der Waals surface area contributed by atoms with E-state index in [0.29, 0.717) is 18.5 Å². The highest BCUT2D eigenvalue weighted by atomic mass is 16.2. The lowest BCUT2D eigenvalue weighted by Gasteiger charge is -2.35. The molecule has 27 heavy (non-hydrogen) atoms. The van der Waals surface area contributed by atoms with Gasteiger partial charge in [0.1, 0.15) is 5.69 Å². The molecule has 0 aliphatic carbocycles. The Labute approximate surface area is 163 Å². The van der Waals surface area contributed by atoms with Gasteiger partial charge >= 0.3 is 0 Å². The highest BCUT2D eigenvalue weighted by Crippen LogP contribution is 2.30. The number of likely N-dealkylation sites (tertiary alicyclic amines) is 1. The van der Waals surface area contributed by atoms with Gasteiger partial charge in [0.25, 0.3) is 5.91 Å². The van der Waals surface area contributed by atoms with Crippen molar-refractivity contribution in [2.75, 3.05) is 27.2 Å². The average Bonchev–Trinajstić information content (AvgIpc) is 2.93. The Kier molecular flexibility index (Phi) is 5.75. The topological polar surface area (TPSA) is 28.5 Å². The van der Waals surface area contributed by atoms with Crippen LogP contribution in [0.5, 0.6) is 0 Å². The van der Waals surface area contributed by atoms with Gasteiger partial charge in [-0.15, -0.1) is 6.58 Å². The first-order valence-corrected chi connectivity index (χ1v) is 10.0. The lowest BCUT2D eigenvalue weighted by atomic mass is 10.00. The maximum Gasteiger partial charge on any atom is 0.270 e. The van der Waals surface area contributed by atoms with E-state index in [-0.39, 0.29) is 5.91 Å². The number of benzene rings is 1. The second-order valence-corrected chi connectivity index (χ2v) is 8.25. The van der Waals surface area contributed by atoms with Gasteiger partial charge in [-0.3, -0.25) is 4.79 Å². The number of allylic oxidation sites excluding steroid dienone is 1. The minimum absolute atomic E-state index is 0.131. The second kappa shape index (κ2) is 7.89. The first-order chi connectivity index (χ1) is 12.8. The predicted octanol–water partition coefficient (Wildman–Crippen LogP) is 4.43. The Morgan fingerprint density at radius 1 is 1.33 bits per heavy atom. The fourth-order valence-corrected chi connectivity index (χ4v) is 4.21. The van der Waals surface area contributed by atoms with Gasteiger partial charge < -0.3 is 14.4 Å². The van der Waals surface area contributed by atoms with Crippen LogP contribution in [0.4, 0.5) is 0 Å². The zero-order chi connectivity index (χ0) is 19.7. The largest absolute Gasteiger partial charge is 0.337 e. The summed E-state index contributed by atoms with van der Waals surface area (Å²) >= 11 is 0. The number of carbonyl (C=O) groups is 1. The van der Waals surface area contributed by atoms with Crippen molar-refractivity contribution in [1.82, 2.24) is 14.4 Å². The number of rotatable bonds is 5. The van der Waals surface area contributed by atoms with Gasteiger partial charge in [-0.1, -0.05) is 26.0 Å². The van der Waals surface area contributed by atoms with Gasteiger partial charge in [0, 0.05) is 30.5 Å². The first kappa shape index (κ1) is 19.7. The molecule has 4 nitrogen and oxygen atoms in total. The van der Waals surface area contributed by atoms with Crippen LogP contribution in [0.1, 0.15) is 54.2 Å². The molecule has 146 valence electrons. The van der Waals surface area contributed by atoms with E-state index in [2.05, 4.69) is 62.1 Å². The van der Waals surface area contributed by atoms with Crippen molar-refractivity contribution < 1.29 is 4.79 Å². The van der Waals surface area contributed by atoms with Gasteiger partial charge in [0.2, 0.25) is 0 Å². The van der Waals surface area contributed by atoms with Crippen LogP contribution in [0.2, 0.25) is 0 Å². The summed E-state index contributed by atoms with van der Waals surface area (Å²) in [5.74, 6) is 0.601. The molecule has 1 aliphatic heterocycles. The fourth-order valence-electron chi connectivity index (χ4n) is 4.21. The normalized spacial score (nSPS) is 16.2. The summed E-state index contributed by atoms with van der Waals surface area (Å²) in [6, 6.07) is 6.91. The number of fused-ring (bicyclic) bond motifs is 1. The summed E-state index contributed by atoms with van der Waals surface area (Å²) in [4.78, 5) is 17.8. The van der Waals surface area contributed by atoms with Crippen LogP contribution >= 0.6 is 0 Å². The summed E-state index contributed by atoms with van der Waals surface area (Å²) in [7, 11) is 4.11. The Morgan fingerprint density at radius 3 is 2.59 bits per heavy atom. The predicted molar refractivity (Wildman–Crippen MR) is 114 cm³/mol. The zero-order valence-electron chi connectivity index (χ0n) is 17.5. The number of hydrogen-bond donors (Lipinski definition) is 0. The molecular formula is C23H33N3O. The summed E-state index contributed by atoms with van der Waals surface area (Å²) < 4.78 is 2.13. The highest BCUT2D eigenvalue weighted by Gasteiger charge is 2.28. The molecule has 1 amide bonds. The summed E-state index contributed by atoms with van der Waals surface area (Å²) in [6.45, 7) is 13.2. The molecule has 0 unspecified atom stereocenters. The standard InChI is InChI=1S/C23H33N3O/c1-7-12-26-21-9-8-18(16(2)3)15-20(21)17(4)22(26)23(27)25(6)19-10-13-24(5)14-11-19/h7-9,15-16,19H,1,10-14H2,2-6H3. The number of aromatic nitrogens is 1. The van der Waals surface area contributed by atoms with Crippen molar-refractivity contribution in [3.05, 3.63) is 47.7 Å². The molecule has 0 N–H and O–H groups in total. The zero-order valence-corrected chi connectivity index (χ0v) is 17.5. The number of aryl methyl sites for hydroxylation is 1. The van der Waals surface area contributed by atoms with Crippen molar-refractivity contribution in [3.8, 4) is 0 Å². The molecule has 1 aliphatic rings. The SMILES string of the molecule is C=CCn1c(C(=O)N(C)C2CCN(C)CC2)c(C)c2cc(C(C)C)ccc21. The Bertz CT molecular complexity index is 841. The molecular weight excluding hydrogens is 334 g/mol. The van der Waals surface area contributed by atoms with Crippen LogP contribution in [0.15, 0.2) is 30.9 Å². The molecule has 2 aromatic rings. The molecule has 0 saturated carbocycles. The quantitative estimate of drug-likeness (QED) is 0.732. The summed E-state index contributed by atoms with van der Waals surface area (Å²) in [6.07, 6.45) is 3.95. The Morgan fingerprint density at radius 2 is 2.00 bits per heavy atom. The van der Waals surface area contributed by atoms with E-state index in [1.807, 2.05) is 18.0 Å². The molecule has 1 fully saturated rings. The van der Waals surface area contributed by atoms with Gasteiger partial charge in [-0.2, -0.15) is 0 Å². The molecule has 0 spiro atoms. The van der Waals surface area contributed by atoms with E-state index in [4.69, 9.17) is 0 Å². The molecule has 2 heterocycles. The third-order valence-electron chi connectivity index (χ3n) is 6.08. The van der Waals surface area contributed by atoms with E-state index < -0.39 is 0 Å². The van der Waals surface area contributed by atoms with E-state index in [0.717, 1.165) is 42.7 Å².